The van der Waals surface area contributed by atoms with Gasteiger partial charge in [0.2, 0.25) is 0 Å². The third-order valence-corrected chi connectivity index (χ3v) is 4.84. The quantitative estimate of drug-likeness (QED) is 0.822. The molecule has 0 radical (unpaired) electrons. The predicted octanol–water partition coefficient (Wildman–Crippen LogP) is 4.55. The van der Waals surface area contributed by atoms with Crippen LogP contribution < -0.4 is 5.32 Å². The largest absolute Gasteiger partial charge is 0.360 e. The Morgan fingerprint density at radius 2 is 1.86 bits per heavy atom. The van der Waals surface area contributed by atoms with Gasteiger partial charge in [-0.25, -0.2) is 0 Å². The number of carbonyl (C=O) groups is 1. The molecule has 0 saturated carbocycles. The van der Waals surface area contributed by atoms with E-state index in [4.69, 9.17) is 16.6 Å². The number of halogens is 1. The highest BCUT2D eigenvalue weighted by Crippen LogP contribution is 2.28. The number of thioether (sulfide) groups is 1. The second kappa shape index (κ2) is 6.63. The van der Waals surface area contributed by atoms with E-state index in [0.717, 1.165) is 18.0 Å². The summed E-state index contributed by atoms with van der Waals surface area (Å²) in [7, 11) is 0. The summed E-state index contributed by atoms with van der Waals surface area (Å²) in [6, 6.07) is 7.02. The highest BCUT2D eigenvalue weighted by molar-refractivity contribution is 8.14. The normalized spacial score (nSPS) is 19.8. The Morgan fingerprint density at radius 3 is 2.50 bits per heavy atom. The summed E-state index contributed by atoms with van der Waals surface area (Å²) in [5, 5.41) is 4.96. The SMILES string of the molecule is CC1(C)CCC(C)(C)NC(SCC(=O)c2ccc(Cl)cc2)=N1. The molecule has 1 N–H and O–H groups in total. The Hall–Kier alpha value is -1.00. The Balaban J connectivity index is 2.04. The van der Waals surface area contributed by atoms with Crippen LogP contribution in [0.15, 0.2) is 29.3 Å². The van der Waals surface area contributed by atoms with Crippen LogP contribution in [0.4, 0.5) is 0 Å². The van der Waals surface area contributed by atoms with E-state index in [1.165, 1.54) is 11.8 Å². The molecule has 0 saturated heterocycles. The summed E-state index contributed by atoms with van der Waals surface area (Å²) in [6.45, 7) is 8.62. The van der Waals surface area contributed by atoms with Crippen LogP contribution in [0.3, 0.4) is 0 Å². The topological polar surface area (TPSA) is 41.5 Å². The van der Waals surface area contributed by atoms with Crippen LogP contribution in [-0.4, -0.2) is 27.8 Å². The van der Waals surface area contributed by atoms with Gasteiger partial charge in [-0.05, 0) is 64.8 Å². The number of ketones is 1. The maximum absolute atomic E-state index is 12.3. The smallest absolute Gasteiger partial charge is 0.173 e. The number of benzene rings is 1. The van der Waals surface area contributed by atoms with Gasteiger partial charge in [-0.1, -0.05) is 23.4 Å². The number of amidine groups is 1. The van der Waals surface area contributed by atoms with Gasteiger partial charge in [-0.2, -0.15) is 0 Å². The molecule has 120 valence electrons. The van der Waals surface area contributed by atoms with Gasteiger partial charge in [0, 0.05) is 16.1 Å². The van der Waals surface area contributed by atoms with Crippen molar-refractivity contribution in [3.05, 3.63) is 34.9 Å². The number of aliphatic imine (C=N–C) groups is 1. The lowest BCUT2D eigenvalue weighted by Crippen LogP contribution is -2.41. The molecule has 1 aromatic rings. The zero-order valence-electron chi connectivity index (χ0n) is 13.6. The van der Waals surface area contributed by atoms with Crippen LogP contribution in [0.5, 0.6) is 0 Å². The fourth-order valence-electron chi connectivity index (χ4n) is 2.25. The summed E-state index contributed by atoms with van der Waals surface area (Å²) in [5.41, 5.74) is 0.597. The number of hydrogen-bond acceptors (Lipinski definition) is 4. The van der Waals surface area contributed by atoms with E-state index in [9.17, 15) is 4.79 Å². The number of rotatable bonds is 3. The van der Waals surface area contributed by atoms with Gasteiger partial charge in [-0.3, -0.25) is 9.79 Å². The van der Waals surface area contributed by atoms with E-state index in [1.807, 2.05) is 0 Å². The summed E-state index contributed by atoms with van der Waals surface area (Å²) >= 11 is 7.33. The highest BCUT2D eigenvalue weighted by atomic mass is 35.5. The average Bonchev–Trinajstić information content (AvgIpc) is 2.53. The fourth-order valence-corrected chi connectivity index (χ4v) is 3.47. The van der Waals surface area contributed by atoms with Crippen molar-refractivity contribution in [1.29, 1.82) is 0 Å². The molecule has 1 aliphatic heterocycles. The molecule has 0 unspecified atom stereocenters. The first kappa shape index (κ1) is 17.4. The van der Waals surface area contributed by atoms with E-state index >= 15 is 0 Å². The molecule has 0 aromatic heterocycles. The van der Waals surface area contributed by atoms with Crippen LogP contribution in [0, 0.1) is 0 Å². The molecule has 0 atom stereocenters. The van der Waals surface area contributed by atoms with Crippen LogP contribution in [0.2, 0.25) is 5.02 Å². The van der Waals surface area contributed by atoms with E-state index in [-0.39, 0.29) is 16.9 Å². The Labute approximate surface area is 141 Å². The van der Waals surface area contributed by atoms with Crippen molar-refractivity contribution in [2.75, 3.05) is 5.75 Å². The van der Waals surface area contributed by atoms with Crippen LogP contribution >= 0.6 is 23.4 Å². The first-order chi connectivity index (χ1) is 10.2. The Kier molecular flexibility index (Phi) is 5.23. The number of hydrogen-bond donors (Lipinski definition) is 1. The maximum Gasteiger partial charge on any atom is 0.173 e. The molecule has 1 aliphatic rings. The van der Waals surface area contributed by atoms with Crippen LogP contribution in [0.1, 0.15) is 50.9 Å². The van der Waals surface area contributed by atoms with Crippen LogP contribution in [-0.2, 0) is 0 Å². The van der Waals surface area contributed by atoms with Crippen molar-refractivity contribution in [3.8, 4) is 0 Å². The molecule has 0 aliphatic carbocycles. The van der Waals surface area contributed by atoms with Crippen molar-refractivity contribution in [3.63, 3.8) is 0 Å². The van der Waals surface area contributed by atoms with E-state index in [2.05, 4.69) is 33.0 Å². The number of carbonyl (C=O) groups excluding carboxylic acids is 1. The standard InChI is InChI=1S/C17H23ClN2OS/c1-16(2)9-10-17(3,4)20-15(19-16)22-11-14(21)12-5-7-13(18)8-6-12/h5-8H,9-11H2,1-4H3,(H,19,20). The third-order valence-electron chi connectivity index (χ3n) is 3.72. The molecule has 5 heteroatoms. The number of nitrogens with zero attached hydrogens (tertiary/aromatic N) is 1. The lowest BCUT2D eigenvalue weighted by Gasteiger charge is -2.25. The highest BCUT2D eigenvalue weighted by Gasteiger charge is 2.29. The Bertz CT molecular complexity index is 579. The minimum atomic E-state index is -0.0909. The van der Waals surface area contributed by atoms with E-state index in [1.54, 1.807) is 24.3 Å². The number of Topliss-reactive ketones (excluding diaryl/α,β-unsaturated/α-hetero) is 1. The van der Waals surface area contributed by atoms with Crippen LogP contribution in [0.25, 0.3) is 0 Å². The fraction of sp³-hybridized carbons (Fsp3) is 0.529. The zero-order valence-corrected chi connectivity index (χ0v) is 15.1. The van der Waals surface area contributed by atoms with Crippen molar-refractivity contribution in [2.24, 2.45) is 4.99 Å². The molecule has 1 heterocycles. The summed E-state index contributed by atoms with van der Waals surface area (Å²) in [4.78, 5) is 17.0. The first-order valence-corrected chi connectivity index (χ1v) is 8.83. The summed E-state index contributed by atoms with van der Waals surface area (Å²) in [5.74, 6) is 0.464. The van der Waals surface area contributed by atoms with E-state index < -0.39 is 0 Å². The lowest BCUT2D eigenvalue weighted by atomic mass is 9.91. The molecular weight excluding hydrogens is 316 g/mol. The minimum absolute atomic E-state index is 0.00290. The maximum atomic E-state index is 12.3. The number of nitrogens with one attached hydrogen (secondary N) is 1. The van der Waals surface area contributed by atoms with Crippen molar-refractivity contribution < 1.29 is 4.79 Å². The van der Waals surface area contributed by atoms with Crippen molar-refractivity contribution in [2.45, 2.75) is 51.6 Å². The zero-order chi connectivity index (χ0) is 16.4. The molecule has 0 spiro atoms. The summed E-state index contributed by atoms with van der Waals surface area (Å²) < 4.78 is 0. The second-order valence-corrected chi connectivity index (χ2v) is 8.36. The average molecular weight is 339 g/mol. The van der Waals surface area contributed by atoms with Gasteiger partial charge in [-0.15, -0.1) is 0 Å². The second-order valence-electron chi connectivity index (χ2n) is 6.96. The molecule has 0 fully saturated rings. The molecule has 0 bridgehead atoms. The van der Waals surface area contributed by atoms with Crippen molar-refractivity contribution in [1.82, 2.24) is 5.32 Å². The van der Waals surface area contributed by atoms with Gasteiger partial charge in [0.15, 0.2) is 11.0 Å². The van der Waals surface area contributed by atoms with Gasteiger partial charge < -0.3 is 5.32 Å². The first-order valence-electron chi connectivity index (χ1n) is 7.47. The van der Waals surface area contributed by atoms with Gasteiger partial charge in [0.05, 0.1) is 11.3 Å². The molecule has 1 aromatic carbocycles. The lowest BCUT2D eigenvalue weighted by molar-refractivity contribution is 0.102. The molecule has 2 rings (SSSR count). The Morgan fingerprint density at radius 1 is 1.23 bits per heavy atom. The minimum Gasteiger partial charge on any atom is -0.360 e. The molecule has 0 amide bonds. The van der Waals surface area contributed by atoms with Gasteiger partial charge >= 0.3 is 0 Å². The third kappa shape index (κ3) is 5.03. The van der Waals surface area contributed by atoms with Crippen molar-refractivity contribution >= 4 is 34.3 Å². The van der Waals surface area contributed by atoms with Gasteiger partial charge in [0.1, 0.15) is 0 Å². The molecule has 22 heavy (non-hydrogen) atoms. The molecular formula is C17H23ClN2OS. The summed E-state index contributed by atoms with van der Waals surface area (Å²) in [6.07, 6.45) is 2.08. The monoisotopic (exact) mass is 338 g/mol. The van der Waals surface area contributed by atoms with E-state index in [0.29, 0.717) is 16.3 Å². The predicted molar refractivity (Wildman–Crippen MR) is 96.2 cm³/mol. The van der Waals surface area contributed by atoms with Gasteiger partial charge in [0.25, 0.3) is 0 Å². The molecule has 3 nitrogen and oxygen atoms in total.